The Balaban J connectivity index is 2.54. The van der Waals surface area contributed by atoms with Crippen LogP contribution >= 0.6 is 0 Å². The molecule has 7 nitrogen and oxygen atoms in total. The molecular weight excluding hydrogens is 296 g/mol. The molecule has 0 aliphatic heterocycles. The van der Waals surface area contributed by atoms with Gasteiger partial charge in [0.25, 0.3) is 0 Å². The molecule has 0 unspecified atom stereocenters. The number of nitrogens with zero attached hydrogens (tertiary/aromatic N) is 2. The highest BCUT2D eigenvalue weighted by atomic mass is 16.5. The highest BCUT2D eigenvalue weighted by Gasteiger charge is 2.22. The maximum absolute atomic E-state index is 12.1. The SMILES string of the molecule is COCCNc1ccccc1-n1cc(C#N)c(N)c1C(=O)OC. The van der Waals surface area contributed by atoms with Crippen molar-refractivity contribution in [1.29, 1.82) is 5.26 Å². The molecule has 0 aliphatic carbocycles. The fourth-order valence-corrected chi connectivity index (χ4v) is 2.23. The summed E-state index contributed by atoms with van der Waals surface area (Å²) >= 11 is 0. The number of nitriles is 1. The van der Waals surface area contributed by atoms with Gasteiger partial charge in [-0.3, -0.25) is 0 Å². The number of esters is 1. The largest absolute Gasteiger partial charge is 0.464 e. The summed E-state index contributed by atoms with van der Waals surface area (Å²) in [7, 11) is 2.89. The van der Waals surface area contributed by atoms with Crippen LogP contribution < -0.4 is 11.1 Å². The molecule has 0 bridgehead atoms. The summed E-state index contributed by atoms with van der Waals surface area (Å²) in [4.78, 5) is 12.1. The van der Waals surface area contributed by atoms with E-state index in [0.29, 0.717) is 18.8 Å². The molecular formula is C16H18N4O3. The first kappa shape index (κ1) is 16.4. The molecule has 0 saturated heterocycles. The van der Waals surface area contributed by atoms with Gasteiger partial charge in [-0.15, -0.1) is 0 Å². The molecule has 1 aromatic carbocycles. The fourth-order valence-electron chi connectivity index (χ4n) is 2.23. The van der Waals surface area contributed by atoms with Crippen LogP contribution in [0.5, 0.6) is 0 Å². The number of para-hydroxylation sites is 2. The molecule has 120 valence electrons. The van der Waals surface area contributed by atoms with Crippen molar-refractivity contribution in [2.45, 2.75) is 0 Å². The predicted molar refractivity (Wildman–Crippen MR) is 86.6 cm³/mol. The molecule has 0 radical (unpaired) electrons. The molecule has 2 rings (SSSR count). The number of rotatable bonds is 6. The molecule has 3 N–H and O–H groups in total. The Morgan fingerprint density at radius 3 is 2.78 bits per heavy atom. The summed E-state index contributed by atoms with van der Waals surface area (Å²) in [6.45, 7) is 1.14. The number of aromatic nitrogens is 1. The number of nitrogens with two attached hydrogens (primary N) is 1. The molecule has 0 atom stereocenters. The van der Waals surface area contributed by atoms with Crippen molar-refractivity contribution < 1.29 is 14.3 Å². The standard InChI is InChI=1S/C16H18N4O3/c1-22-8-7-19-12-5-3-4-6-13(12)20-10-11(9-17)14(18)15(20)16(21)23-2/h3-6,10,19H,7-8,18H2,1-2H3. The average molecular weight is 314 g/mol. The van der Waals surface area contributed by atoms with Crippen LogP contribution in [0.25, 0.3) is 5.69 Å². The van der Waals surface area contributed by atoms with Crippen LogP contribution in [-0.2, 0) is 9.47 Å². The Morgan fingerprint density at radius 2 is 2.13 bits per heavy atom. The third-order valence-corrected chi connectivity index (χ3v) is 3.33. The summed E-state index contributed by atoms with van der Waals surface area (Å²) in [6.07, 6.45) is 1.53. The lowest BCUT2D eigenvalue weighted by Gasteiger charge is -2.14. The van der Waals surface area contributed by atoms with Gasteiger partial charge in [-0.25, -0.2) is 4.79 Å². The van der Waals surface area contributed by atoms with Gasteiger partial charge >= 0.3 is 5.97 Å². The topological polar surface area (TPSA) is 102 Å². The van der Waals surface area contributed by atoms with E-state index in [1.807, 2.05) is 30.3 Å². The minimum atomic E-state index is -0.601. The number of methoxy groups -OCH3 is 2. The summed E-state index contributed by atoms with van der Waals surface area (Å²) in [5, 5.41) is 12.4. The van der Waals surface area contributed by atoms with Gasteiger partial charge < -0.3 is 25.1 Å². The third-order valence-electron chi connectivity index (χ3n) is 3.33. The van der Waals surface area contributed by atoms with Crippen LogP contribution in [0.4, 0.5) is 11.4 Å². The maximum Gasteiger partial charge on any atom is 0.357 e. The average Bonchev–Trinajstić information content (AvgIpc) is 2.91. The van der Waals surface area contributed by atoms with Gasteiger partial charge in [0, 0.05) is 19.9 Å². The van der Waals surface area contributed by atoms with Crippen molar-refractivity contribution in [3.63, 3.8) is 0 Å². The van der Waals surface area contributed by atoms with E-state index in [1.165, 1.54) is 13.3 Å². The maximum atomic E-state index is 12.1. The van der Waals surface area contributed by atoms with E-state index in [2.05, 4.69) is 5.32 Å². The van der Waals surface area contributed by atoms with E-state index in [9.17, 15) is 10.1 Å². The normalized spacial score (nSPS) is 10.1. The lowest BCUT2D eigenvalue weighted by Crippen LogP contribution is -2.14. The Labute approximate surface area is 134 Å². The summed E-state index contributed by atoms with van der Waals surface area (Å²) in [5.74, 6) is -0.601. The van der Waals surface area contributed by atoms with Crippen molar-refractivity contribution in [1.82, 2.24) is 4.57 Å². The van der Waals surface area contributed by atoms with Gasteiger partial charge in [-0.2, -0.15) is 5.26 Å². The molecule has 0 spiro atoms. The zero-order chi connectivity index (χ0) is 16.8. The fraction of sp³-hybridized carbons (Fsp3) is 0.250. The molecule has 1 aromatic heterocycles. The smallest absolute Gasteiger partial charge is 0.357 e. The lowest BCUT2D eigenvalue weighted by molar-refractivity contribution is 0.0593. The molecule has 2 aromatic rings. The number of hydrogen-bond donors (Lipinski definition) is 2. The van der Waals surface area contributed by atoms with Crippen molar-refractivity contribution >= 4 is 17.3 Å². The number of carbonyl (C=O) groups excluding carboxylic acids is 1. The van der Waals surface area contributed by atoms with Crippen LogP contribution in [0, 0.1) is 11.3 Å². The molecule has 0 aliphatic rings. The van der Waals surface area contributed by atoms with E-state index in [1.54, 1.807) is 11.7 Å². The van der Waals surface area contributed by atoms with Gasteiger partial charge in [0.1, 0.15) is 6.07 Å². The quantitative estimate of drug-likeness (QED) is 0.622. The summed E-state index contributed by atoms with van der Waals surface area (Å²) in [6, 6.07) is 9.38. The van der Waals surface area contributed by atoms with Gasteiger partial charge in [-0.05, 0) is 12.1 Å². The van der Waals surface area contributed by atoms with E-state index in [-0.39, 0.29) is 16.9 Å². The Kier molecular flexibility index (Phi) is 5.23. The van der Waals surface area contributed by atoms with E-state index >= 15 is 0 Å². The number of benzene rings is 1. The zero-order valence-electron chi connectivity index (χ0n) is 13.0. The number of carbonyl (C=O) groups is 1. The predicted octanol–water partition coefficient (Wildman–Crippen LogP) is 1.78. The van der Waals surface area contributed by atoms with E-state index in [4.69, 9.17) is 15.2 Å². The molecule has 0 amide bonds. The molecule has 7 heteroatoms. The van der Waals surface area contributed by atoms with Gasteiger partial charge in [0.15, 0.2) is 5.69 Å². The highest BCUT2D eigenvalue weighted by molar-refractivity contribution is 5.96. The second-order valence-corrected chi connectivity index (χ2v) is 4.72. The number of ether oxygens (including phenoxy) is 2. The van der Waals surface area contributed by atoms with E-state index in [0.717, 1.165) is 5.69 Å². The van der Waals surface area contributed by atoms with Crippen LogP contribution in [0.2, 0.25) is 0 Å². The first-order valence-electron chi connectivity index (χ1n) is 6.95. The van der Waals surface area contributed by atoms with Crippen molar-refractivity contribution in [3.05, 3.63) is 41.7 Å². The van der Waals surface area contributed by atoms with Crippen molar-refractivity contribution in [2.75, 3.05) is 38.4 Å². The minimum Gasteiger partial charge on any atom is -0.464 e. The van der Waals surface area contributed by atoms with Crippen molar-refractivity contribution in [2.24, 2.45) is 0 Å². The number of hydrogen-bond acceptors (Lipinski definition) is 6. The molecule has 1 heterocycles. The Bertz CT molecular complexity index is 746. The summed E-state index contributed by atoms with van der Waals surface area (Å²) < 4.78 is 11.4. The Hall–Kier alpha value is -2.98. The Morgan fingerprint density at radius 1 is 1.39 bits per heavy atom. The van der Waals surface area contributed by atoms with Gasteiger partial charge in [0.2, 0.25) is 0 Å². The molecule has 0 fully saturated rings. The van der Waals surface area contributed by atoms with Crippen LogP contribution in [0.3, 0.4) is 0 Å². The first-order chi connectivity index (χ1) is 11.1. The summed E-state index contributed by atoms with van der Waals surface area (Å²) in [5.41, 5.74) is 7.85. The lowest BCUT2D eigenvalue weighted by atomic mass is 10.2. The van der Waals surface area contributed by atoms with Gasteiger partial charge in [-0.1, -0.05) is 12.1 Å². The van der Waals surface area contributed by atoms with Crippen molar-refractivity contribution in [3.8, 4) is 11.8 Å². The second-order valence-electron chi connectivity index (χ2n) is 4.72. The monoisotopic (exact) mass is 314 g/mol. The zero-order valence-corrected chi connectivity index (χ0v) is 13.0. The van der Waals surface area contributed by atoms with Crippen LogP contribution in [0.1, 0.15) is 16.1 Å². The van der Waals surface area contributed by atoms with Crippen LogP contribution in [-0.4, -0.2) is 37.9 Å². The number of nitrogens with one attached hydrogen (secondary N) is 1. The molecule has 23 heavy (non-hydrogen) atoms. The highest BCUT2D eigenvalue weighted by Crippen LogP contribution is 2.28. The van der Waals surface area contributed by atoms with E-state index < -0.39 is 5.97 Å². The number of anilines is 2. The van der Waals surface area contributed by atoms with Gasteiger partial charge in [0.05, 0.1) is 36.3 Å². The molecule has 0 saturated carbocycles. The van der Waals surface area contributed by atoms with Crippen LogP contribution in [0.15, 0.2) is 30.5 Å². The minimum absolute atomic E-state index is 0.103. The second kappa shape index (κ2) is 7.33. The first-order valence-corrected chi connectivity index (χ1v) is 6.95. The third kappa shape index (κ3) is 3.27. The number of nitrogen functional groups attached to an aromatic ring is 1.